The van der Waals surface area contributed by atoms with Gasteiger partial charge in [-0.1, -0.05) is 30.0 Å². The number of aliphatic hydroxyl groups excluding tert-OH is 1. The molecule has 3 aromatic rings. The number of H-pyrrole nitrogens is 1. The van der Waals surface area contributed by atoms with E-state index in [1.807, 2.05) is 0 Å². The van der Waals surface area contributed by atoms with Crippen LogP contribution in [0.5, 0.6) is 0 Å². The van der Waals surface area contributed by atoms with E-state index in [2.05, 4.69) is 15.1 Å². The van der Waals surface area contributed by atoms with Gasteiger partial charge < -0.3 is 10.1 Å². The van der Waals surface area contributed by atoms with Crippen molar-refractivity contribution in [1.82, 2.24) is 19.7 Å². The van der Waals surface area contributed by atoms with Crippen LogP contribution in [0.2, 0.25) is 0 Å². The quantitative estimate of drug-likeness (QED) is 0.532. The minimum Gasteiger partial charge on any atom is -0.394 e. The van der Waals surface area contributed by atoms with Crippen LogP contribution in [-0.2, 0) is 18.5 Å². The van der Waals surface area contributed by atoms with Gasteiger partial charge >= 0.3 is 6.18 Å². The van der Waals surface area contributed by atoms with Crippen molar-refractivity contribution in [2.24, 2.45) is 0 Å². The molecule has 1 aromatic carbocycles. The van der Waals surface area contributed by atoms with E-state index >= 15 is 0 Å². The number of nitrogens with one attached hydrogen (secondary N) is 1. The largest absolute Gasteiger partial charge is 0.416 e. The third-order valence-electron chi connectivity index (χ3n) is 3.43. The summed E-state index contributed by atoms with van der Waals surface area (Å²) >= 11 is 1.11. The molecule has 132 valence electrons. The van der Waals surface area contributed by atoms with Gasteiger partial charge in [0, 0.05) is 5.75 Å². The Labute approximate surface area is 143 Å². The van der Waals surface area contributed by atoms with Crippen LogP contribution in [0.3, 0.4) is 0 Å². The molecular formula is C15H13F3N4O2S. The Kier molecular flexibility index (Phi) is 4.82. The van der Waals surface area contributed by atoms with E-state index in [0.29, 0.717) is 11.2 Å². The lowest BCUT2D eigenvalue weighted by Crippen LogP contribution is -2.11. The Morgan fingerprint density at radius 1 is 1.32 bits per heavy atom. The van der Waals surface area contributed by atoms with Gasteiger partial charge in [0.15, 0.2) is 10.8 Å². The Bertz CT molecular complexity index is 952. The molecule has 3 rings (SSSR count). The molecule has 0 radical (unpaired) electrons. The molecule has 0 saturated heterocycles. The number of benzene rings is 1. The van der Waals surface area contributed by atoms with Crippen molar-refractivity contribution in [3.05, 3.63) is 51.9 Å². The Balaban J connectivity index is 1.84. The molecule has 2 aromatic heterocycles. The van der Waals surface area contributed by atoms with E-state index in [9.17, 15) is 18.0 Å². The highest BCUT2D eigenvalue weighted by atomic mass is 32.2. The molecule has 10 heteroatoms. The molecule has 0 aliphatic carbocycles. The van der Waals surface area contributed by atoms with Crippen LogP contribution in [0.25, 0.3) is 11.0 Å². The zero-order valence-corrected chi connectivity index (χ0v) is 13.6. The number of nitrogens with zero attached hydrogens (tertiary/aromatic N) is 3. The molecule has 2 heterocycles. The first-order valence-corrected chi connectivity index (χ1v) is 8.22. The summed E-state index contributed by atoms with van der Waals surface area (Å²) in [6, 6.07) is 5.00. The molecule has 25 heavy (non-hydrogen) atoms. The molecule has 0 spiro atoms. The highest BCUT2D eigenvalue weighted by Gasteiger charge is 2.30. The van der Waals surface area contributed by atoms with Gasteiger partial charge in [-0.15, -0.1) is 0 Å². The molecule has 0 aliphatic heterocycles. The van der Waals surface area contributed by atoms with Gasteiger partial charge in [0.05, 0.1) is 24.9 Å². The van der Waals surface area contributed by atoms with E-state index in [1.165, 1.54) is 16.9 Å². The topological polar surface area (TPSA) is 83.8 Å². The molecule has 0 atom stereocenters. The standard InChI is InChI=1S/C15H13F3N4O2S/c16-15(17,18)10-3-1-2-9(6-10)8-25-14-20-12-11(13(24)21-14)7-19-22(12)4-5-23/h1-3,6-7,23H,4-5,8H2,(H,20,21,24). The summed E-state index contributed by atoms with van der Waals surface area (Å²) in [6.07, 6.45) is -3.04. The van der Waals surface area contributed by atoms with Gasteiger partial charge in [0.2, 0.25) is 0 Å². The molecular weight excluding hydrogens is 357 g/mol. The molecule has 0 fully saturated rings. The third-order valence-corrected chi connectivity index (χ3v) is 4.37. The van der Waals surface area contributed by atoms with E-state index in [-0.39, 0.29) is 35.0 Å². The summed E-state index contributed by atoms with van der Waals surface area (Å²) in [5.74, 6) is 0.215. The number of hydrogen-bond acceptors (Lipinski definition) is 5. The van der Waals surface area contributed by atoms with Gasteiger partial charge in [0.1, 0.15) is 5.39 Å². The second-order valence-electron chi connectivity index (χ2n) is 5.19. The first kappa shape index (κ1) is 17.5. The average Bonchev–Trinajstić information content (AvgIpc) is 2.96. The molecule has 6 nitrogen and oxygen atoms in total. The predicted molar refractivity (Wildman–Crippen MR) is 86.2 cm³/mol. The van der Waals surface area contributed by atoms with Crippen LogP contribution in [0, 0.1) is 0 Å². The maximum Gasteiger partial charge on any atom is 0.416 e. The number of aromatic amines is 1. The summed E-state index contributed by atoms with van der Waals surface area (Å²) in [5, 5.41) is 13.6. The second kappa shape index (κ2) is 6.89. The van der Waals surface area contributed by atoms with Gasteiger partial charge in [-0.25, -0.2) is 9.67 Å². The Morgan fingerprint density at radius 2 is 2.12 bits per heavy atom. The van der Waals surface area contributed by atoms with E-state index in [4.69, 9.17) is 5.11 Å². The second-order valence-corrected chi connectivity index (χ2v) is 6.15. The van der Waals surface area contributed by atoms with Crippen molar-refractivity contribution >= 4 is 22.8 Å². The van der Waals surface area contributed by atoms with E-state index in [0.717, 1.165) is 23.9 Å². The SMILES string of the molecule is O=c1[nH]c(SCc2cccc(C(F)(F)F)c2)nc2c1cnn2CCO. The lowest BCUT2D eigenvalue weighted by molar-refractivity contribution is -0.137. The first-order valence-electron chi connectivity index (χ1n) is 7.24. The van der Waals surface area contributed by atoms with Crippen molar-refractivity contribution in [3.63, 3.8) is 0 Å². The summed E-state index contributed by atoms with van der Waals surface area (Å²) < 4.78 is 39.6. The highest BCUT2D eigenvalue weighted by molar-refractivity contribution is 7.98. The fourth-order valence-corrected chi connectivity index (χ4v) is 3.06. The number of rotatable bonds is 5. The van der Waals surface area contributed by atoms with Crippen LogP contribution < -0.4 is 5.56 Å². The maximum atomic E-state index is 12.7. The highest BCUT2D eigenvalue weighted by Crippen LogP contribution is 2.30. The van der Waals surface area contributed by atoms with Crippen LogP contribution in [-0.4, -0.2) is 31.5 Å². The molecule has 0 aliphatic rings. The fraction of sp³-hybridized carbons (Fsp3) is 0.267. The minimum absolute atomic E-state index is 0.155. The van der Waals surface area contributed by atoms with Gasteiger partial charge in [0.25, 0.3) is 5.56 Å². The summed E-state index contributed by atoms with van der Waals surface area (Å²) in [4.78, 5) is 18.9. The van der Waals surface area contributed by atoms with E-state index < -0.39 is 11.7 Å². The summed E-state index contributed by atoms with van der Waals surface area (Å²) in [7, 11) is 0. The van der Waals surface area contributed by atoms with Gasteiger partial charge in [-0.2, -0.15) is 18.3 Å². The molecule has 0 saturated carbocycles. The molecule has 0 amide bonds. The van der Waals surface area contributed by atoms with E-state index in [1.54, 1.807) is 6.07 Å². The maximum absolute atomic E-state index is 12.7. The minimum atomic E-state index is -4.40. The lowest BCUT2D eigenvalue weighted by Gasteiger charge is -2.08. The number of fused-ring (bicyclic) bond motifs is 1. The molecule has 2 N–H and O–H groups in total. The molecule has 0 unspecified atom stereocenters. The van der Waals surface area contributed by atoms with Crippen molar-refractivity contribution < 1.29 is 18.3 Å². The third kappa shape index (κ3) is 3.85. The lowest BCUT2D eigenvalue weighted by atomic mass is 10.1. The van der Waals surface area contributed by atoms with Crippen LogP contribution >= 0.6 is 11.8 Å². The van der Waals surface area contributed by atoms with Crippen molar-refractivity contribution in [2.45, 2.75) is 23.6 Å². The van der Waals surface area contributed by atoms with Crippen molar-refractivity contribution in [1.29, 1.82) is 0 Å². The van der Waals surface area contributed by atoms with Gasteiger partial charge in [-0.05, 0) is 11.6 Å². The van der Waals surface area contributed by atoms with Crippen molar-refractivity contribution in [3.8, 4) is 0 Å². The van der Waals surface area contributed by atoms with Crippen LogP contribution in [0.4, 0.5) is 13.2 Å². The predicted octanol–water partition coefficient (Wildman–Crippen LogP) is 2.42. The summed E-state index contributed by atoms with van der Waals surface area (Å²) in [5.41, 5.74) is -0.319. The van der Waals surface area contributed by atoms with Crippen LogP contribution in [0.1, 0.15) is 11.1 Å². The van der Waals surface area contributed by atoms with Crippen molar-refractivity contribution in [2.75, 3.05) is 6.61 Å². The van der Waals surface area contributed by atoms with Crippen LogP contribution in [0.15, 0.2) is 40.4 Å². The average molecular weight is 370 g/mol. The number of hydrogen-bond donors (Lipinski definition) is 2. The smallest absolute Gasteiger partial charge is 0.394 e. The van der Waals surface area contributed by atoms with Gasteiger partial charge in [-0.3, -0.25) is 4.79 Å². The Morgan fingerprint density at radius 3 is 2.84 bits per heavy atom. The number of aromatic nitrogens is 4. The zero-order valence-electron chi connectivity index (χ0n) is 12.7. The number of halogens is 3. The number of thioether (sulfide) groups is 1. The molecule has 0 bridgehead atoms. The number of aliphatic hydroxyl groups is 1. The fourth-order valence-electron chi connectivity index (χ4n) is 2.26. The normalized spacial score (nSPS) is 12.0. The summed E-state index contributed by atoms with van der Waals surface area (Å²) in [6.45, 7) is 0.0374. The monoisotopic (exact) mass is 370 g/mol. The zero-order chi connectivity index (χ0) is 18.0. The first-order chi connectivity index (χ1) is 11.9. The number of alkyl halides is 3. The Hall–Kier alpha value is -2.33.